The molecule has 2 aromatic rings. The third-order valence-corrected chi connectivity index (χ3v) is 6.64. The molecule has 4 heteroatoms. The van der Waals surface area contributed by atoms with Crippen molar-refractivity contribution in [1.29, 1.82) is 0 Å². The Labute approximate surface area is 142 Å². The van der Waals surface area contributed by atoms with E-state index in [0.717, 1.165) is 29.5 Å². The number of hydrogen-bond acceptors (Lipinski definition) is 3. The summed E-state index contributed by atoms with van der Waals surface area (Å²) in [6.45, 7) is 6.96. The minimum atomic E-state index is -0.238. The van der Waals surface area contributed by atoms with Gasteiger partial charge in [0.2, 0.25) is 0 Å². The highest BCUT2D eigenvalue weighted by Gasteiger charge is 2.60. The second kappa shape index (κ2) is 5.13. The number of rotatable bonds is 2. The predicted molar refractivity (Wildman–Crippen MR) is 95.9 cm³/mol. The Balaban J connectivity index is 1.56. The number of benzene rings is 1. The van der Waals surface area contributed by atoms with E-state index >= 15 is 0 Å². The minimum absolute atomic E-state index is 0.0990. The number of carbonyl (C=O) groups excluding carboxylic acids is 1. The Morgan fingerprint density at radius 2 is 2.00 bits per heavy atom. The maximum absolute atomic E-state index is 12.4. The molecule has 1 amide bonds. The molecule has 2 atom stereocenters. The van der Waals surface area contributed by atoms with Crippen molar-refractivity contribution in [2.24, 2.45) is 21.8 Å². The molecule has 4 nitrogen and oxygen atoms in total. The van der Waals surface area contributed by atoms with E-state index < -0.39 is 0 Å². The molecule has 24 heavy (non-hydrogen) atoms. The highest BCUT2D eigenvalue weighted by Crippen LogP contribution is 2.63. The van der Waals surface area contributed by atoms with Crippen LogP contribution in [0.25, 0.3) is 10.9 Å². The quantitative estimate of drug-likeness (QED) is 0.844. The normalized spacial score (nSPS) is 29.3. The number of para-hydroxylation sites is 1. The van der Waals surface area contributed by atoms with Gasteiger partial charge < -0.3 is 0 Å². The molecule has 2 bridgehead atoms. The summed E-state index contributed by atoms with van der Waals surface area (Å²) in [6, 6.07) is 11.5. The first kappa shape index (κ1) is 15.3. The molecule has 1 heterocycles. The smallest absolute Gasteiger partial charge is 0.266 e. The molecule has 2 saturated carbocycles. The number of pyridine rings is 1. The number of fused-ring (bicyclic) bond motifs is 3. The average molecular weight is 321 g/mol. The van der Waals surface area contributed by atoms with Crippen molar-refractivity contribution in [2.75, 3.05) is 0 Å². The van der Waals surface area contributed by atoms with Crippen molar-refractivity contribution in [3.05, 3.63) is 42.1 Å². The van der Waals surface area contributed by atoms with E-state index in [2.05, 4.69) is 36.3 Å². The zero-order valence-corrected chi connectivity index (χ0v) is 14.5. The molecule has 4 rings (SSSR count). The van der Waals surface area contributed by atoms with Crippen molar-refractivity contribution < 1.29 is 4.79 Å². The Hall–Kier alpha value is -2.23. The molecule has 0 aliphatic heterocycles. The lowest BCUT2D eigenvalue weighted by Gasteiger charge is -2.34. The van der Waals surface area contributed by atoms with Crippen molar-refractivity contribution in [1.82, 2.24) is 10.4 Å². The van der Waals surface area contributed by atoms with Crippen LogP contribution in [0.5, 0.6) is 0 Å². The van der Waals surface area contributed by atoms with Gasteiger partial charge in [-0.15, -0.1) is 0 Å². The largest absolute Gasteiger partial charge is 0.289 e. The van der Waals surface area contributed by atoms with Crippen LogP contribution in [0.4, 0.5) is 0 Å². The lowest BCUT2D eigenvalue weighted by Crippen LogP contribution is -2.34. The summed E-state index contributed by atoms with van der Waals surface area (Å²) in [5.41, 5.74) is 5.47. The summed E-state index contributed by atoms with van der Waals surface area (Å²) in [7, 11) is 0. The molecule has 1 N–H and O–H groups in total. The first-order chi connectivity index (χ1) is 11.4. The predicted octanol–water partition coefficient (Wildman–Crippen LogP) is 4.17. The molecule has 2 fully saturated rings. The van der Waals surface area contributed by atoms with E-state index in [1.165, 1.54) is 6.42 Å². The van der Waals surface area contributed by atoms with Crippen LogP contribution in [0.3, 0.4) is 0 Å². The molecular formula is C20H23N3O. The fourth-order valence-corrected chi connectivity index (χ4v) is 4.47. The third-order valence-electron chi connectivity index (χ3n) is 6.64. The molecule has 124 valence electrons. The highest BCUT2D eigenvalue weighted by molar-refractivity contribution is 5.98. The number of nitrogens with one attached hydrogen (secondary N) is 1. The monoisotopic (exact) mass is 321 g/mol. The Kier molecular flexibility index (Phi) is 3.27. The van der Waals surface area contributed by atoms with Gasteiger partial charge in [-0.2, -0.15) is 5.10 Å². The van der Waals surface area contributed by atoms with Crippen LogP contribution in [-0.4, -0.2) is 16.6 Å². The van der Waals surface area contributed by atoms with Gasteiger partial charge in [0, 0.05) is 16.5 Å². The van der Waals surface area contributed by atoms with Crippen molar-refractivity contribution >= 4 is 22.5 Å². The van der Waals surface area contributed by atoms with Gasteiger partial charge in [-0.05, 0) is 42.7 Å². The zero-order valence-electron chi connectivity index (χ0n) is 14.5. The summed E-state index contributed by atoms with van der Waals surface area (Å²) in [5.74, 6) is 0.439. The lowest BCUT2D eigenvalue weighted by molar-refractivity contribution is 0.0949. The molecule has 2 aliphatic carbocycles. The van der Waals surface area contributed by atoms with Crippen LogP contribution < -0.4 is 5.43 Å². The Morgan fingerprint density at radius 3 is 2.71 bits per heavy atom. The van der Waals surface area contributed by atoms with Crippen molar-refractivity contribution in [3.8, 4) is 0 Å². The van der Waals surface area contributed by atoms with Gasteiger partial charge in [-0.1, -0.05) is 45.0 Å². The van der Waals surface area contributed by atoms with E-state index in [9.17, 15) is 4.79 Å². The SMILES string of the molecule is CC1(C)[C@@H]2CC[C@]1(C)/C(=N/NC(=O)c1ccc3ccccc3n1)C2. The number of hydrazone groups is 1. The zero-order chi connectivity index (χ0) is 16.9. The summed E-state index contributed by atoms with van der Waals surface area (Å²) >= 11 is 0. The topological polar surface area (TPSA) is 54.4 Å². The molecule has 1 aromatic carbocycles. The number of amides is 1. The number of carbonyl (C=O) groups is 1. The molecule has 0 spiro atoms. The second-order valence-electron chi connectivity index (χ2n) is 7.88. The van der Waals surface area contributed by atoms with Gasteiger partial charge >= 0.3 is 0 Å². The maximum atomic E-state index is 12.4. The summed E-state index contributed by atoms with van der Waals surface area (Å²) in [5, 5.41) is 5.54. The Bertz CT molecular complexity index is 855. The molecular weight excluding hydrogens is 298 g/mol. The standard InChI is InChI=1S/C20H23N3O/c1-19(2)14-10-11-20(19,3)17(12-14)22-23-18(24)16-9-8-13-6-4-5-7-15(13)21-16/h4-9,14H,10-12H2,1-3H3,(H,23,24)/b22-17+/t14-,20-/m1/s1. The van der Waals surface area contributed by atoms with Gasteiger partial charge in [-0.25, -0.2) is 10.4 Å². The maximum Gasteiger partial charge on any atom is 0.289 e. The Morgan fingerprint density at radius 1 is 1.21 bits per heavy atom. The van der Waals surface area contributed by atoms with E-state index in [4.69, 9.17) is 0 Å². The molecule has 0 saturated heterocycles. The van der Waals surface area contributed by atoms with E-state index in [0.29, 0.717) is 11.6 Å². The van der Waals surface area contributed by atoms with Crippen LogP contribution in [0, 0.1) is 16.7 Å². The van der Waals surface area contributed by atoms with Gasteiger partial charge in [0.15, 0.2) is 0 Å². The number of hydrogen-bond donors (Lipinski definition) is 1. The first-order valence-corrected chi connectivity index (χ1v) is 8.65. The van der Waals surface area contributed by atoms with Gasteiger partial charge in [-0.3, -0.25) is 4.79 Å². The lowest BCUT2D eigenvalue weighted by atomic mass is 9.70. The summed E-state index contributed by atoms with van der Waals surface area (Å²) in [4.78, 5) is 16.9. The fourth-order valence-electron chi connectivity index (χ4n) is 4.47. The van der Waals surface area contributed by atoms with E-state index in [1.807, 2.05) is 30.3 Å². The van der Waals surface area contributed by atoms with Crippen molar-refractivity contribution in [3.63, 3.8) is 0 Å². The fraction of sp³-hybridized carbons (Fsp3) is 0.450. The minimum Gasteiger partial charge on any atom is -0.266 e. The molecule has 0 radical (unpaired) electrons. The molecule has 2 aliphatic rings. The van der Waals surface area contributed by atoms with E-state index in [-0.39, 0.29) is 16.7 Å². The van der Waals surface area contributed by atoms with Crippen LogP contribution in [0.2, 0.25) is 0 Å². The highest BCUT2D eigenvalue weighted by atomic mass is 16.2. The summed E-state index contributed by atoms with van der Waals surface area (Å²) in [6.07, 6.45) is 3.42. The van der Waals surface area contributed by atoms with Crippen LogP contribution in [0.15, 0.2) is 41.5 Å². The van der Waals surface area contributed by atoms with Gasteiger partial charge in [0.25, 0.3) is 5.91 Å². The molecule has 0 unspecified atom stereocenters. The van der Waals surface area contributed by atoms with Crippen LogP contribution in [-0.2, 0) is 0 Å². The summed E-state index contributed by atoms with van der Waals surface area (Å²) < 4.78 is 0. The van der Waals surface area contributed by atoms with E-state index in [1.54, 1.807) is 6.07 Å². The van der Waals surface area contributed by atoms with Gasteiger partial charge in [0.1, 0.15) is 5.69 Å². The number of aromatic nitrogens is 1. The van der Waals surface area contributed by atoms with Gasteiger partial charge in [0.05, 0.1) is 5.52 Å². The van der Waals surface area contributed by atoms with Crippen LogP contribution >= 0.6 is 0 Å². The van der Waals surface area contributed by atoms with Crippen molar-refractivity contribution in [2.45, 2.75) is 40.0 Å². The third kappa shape index (κ3) is 2.09. The number of nitrogens with zero attached hydrogens (tertiary/aromatic N) is 2. The molecule has 1 aromatic heterocycles. The second-order valence-corrected chi connectivity index (χ2v) is 7.88. The first-order valence-electron chi connectivity index (χ1n) is 8.65. The van der Waals surface area contributed by atoms with Crippen LogP contribution in [0.1, 0.15) is 50.5 Å². The average Bonchev–Trinajstić information content (AvgIpc) is 2.92.